The van der Waals surface area contributed by atoms with Crippen LogP contribution in [0.4, 0.5) is 8.78 Å². The fourth-order valence-electron chi connectivity index (χ4n) is 2.28. The number of carboxylic acid groups (broad SMARTS) is 1. The lowest BCUT2D eigenvalue weighted by atomic mass is 9.94. The average molecular weight is 369 g/mol. The van der Waals surface area contributed by atoms with Gasteiger partial charge in [0.05, 0.1) is 0 Å². The predicted octanol–water partition coefficient (Wildman–Crippen LogP) is 2.72. The molecule has 0 aliphatic heterocycles. The first-order valence-electron chi connectivity index (χ1n) is 7.41. The first-order valence-corrected chi connectivity index (χ1v) is 8.89. The molecule has 5 nitrogen and oxygen atoms in total. The number of nitrogens with one attached hydrogen (secondary N) is 1. The molecule has 0 saturated carbocycles. The van der Waals surface area contributed by atoms with Crippen molar-refractivity contribution in [1.82, 2.24) is 4.72 Å². The van der Waals surface area contributed by atoms with E-state index in [0.717, 1.165) is 23.8 Å². The van der Waals surface area contributed by atoms with Crippen molar-refractivity contribution in [2.45, 2.75) is 30.2 Å². The van der Waals surface area contributed by atoms with Crippen LogP contribution in [0.2, 0.25) is 0 Å². The van der Waals surface area contributed by atoms with Crippen molar-refractivity contribution in [3.8, 4) is 0 Å². The number of carbonyl (C=O) groups is 1. The van der Waals surface area contributed by atoms with E-state index in [9.17, 15) is 27.1 Å². The Balaban J connectivity index is 2.28. The van der Waals surface area contributed by atoms with Crippen LogP contribution in [-0.2, 0) is 21.2 Å². The molecule has 1 atom stereocenters. The molecule has 0 bridgehead atoms. The van der Waals surface area contributed by atoms with E-state index in [1.165, 1.54) is 6.92 Å². The second-order valence-electron chi connectivity index (χ2n) is 5.78. The lowest BCUT2D eigenvalue weighted by Gasteiger charge is -2.26. The Bertz CT molecular complexity index is 871. The molecule has 25 heavy (non-hydrogen) atoms. The third kappa shape index (κ3) is 4.40. The number of hydrogen-bond acceptors (Lipinski definition) is 3. The number of benzene rings is 2. The van der Waals surface area contributed by atoms with E-state index in [0.29, 0.717) is 0 Å². The smallest absolute Gasteiger partial charge is 0.324 e. The van der Waals surface area contributed by atoms with Gasteiger partial charge >= 0.3 is 5.97 Å². The van der Waals surface area contributed by atoms with Crippen LogP contribution in [0.1, 0.15) is 18.9 Å². The van der Waals surface area contributed by atoms with Crippen molar-refractivity contribution in [2.75, 3.05) is 0 Å². The third-order valence-electron chi connectivity index (χ3n) is 3.79. The van der Waals surface area contributed by atoms with Crippen LogP contribution in [0, 0.1) is 11.6 Å². The van der Waals surface area contributed by atoms with Gasteiger partial charge < -0.3 is 5.11 Å². The summed E-state index contributed by atoms with van der Waals surface area (Å²) in [4.78, 5) is 10.7. The van der Waals surface area contributed by atoms with Crippen LogP contribution in [0.15, 0.2) is 53.4 Å². The van der Waals surface area contributed by atoms with Gasteiger partial charge in [-0.05, 0) is 37.5 Å². The van der Waals surface area contributed by atoms with E-state index in [2.05, 4.69) is 0 Å². The number of aliphatic carboxylic acids is 1. The zero-order chi connectivity index (χ0) is 18.7. The van der Waals surface area contributed by atoms with Crippen molar-refractivity contribution < 1.29 is 27.1 Å². The van der Waals surface area contributed by atoms with Gasteiger partial charge in [-0.3, -0.25) is 4.79 Å². The van der Waals surface area contributed by atoms with Crippen LogP contribution < -0.4 is 4.72 Å². The summed E-state index contributed by atoms with van der Waals surface area (Å²) in [5.74, 6) is -4.29. The molecule has 2 aromatic rings. The largest absolute Gasteiger partial charge is 0.480 e. The molecule has 2 N–H and O–H groups in total. The van der Waals surface area contributed by atoms with E-state index < -0.39 is 38.1 Å². The molecule has 1 unspecified atom stereocenters. The Morgan fingerprint density at radius 3 is 2.36 bits per heavy atom. The Labute approximate surface area is 144 Å². The normalized spacial score (nSPS) is 14.0. The number of carboxylic acids is 1. The molecule has 0 heterocycles. The van der Waals surface area contributed by atoms with E-state index in [1.807, 2.05) is 4.72 Å². The first kappa shape index (κ1) is 19.0. The van der Waals surface area contributed by atoms with Gasteiger partial charge in [-0.15, -0.1) is 0 Å². The summed E-state index contributed by atoms with van der Waals surface area (Å²) < 4.78 is 53.8. The molecular weight excluding hydrogens is 352 g/mol. The van der Waals surface area contributed by atoms with Gasteiger partial charge in [-0.2, -0.15) is 4.72 Å². The molecule has 0 radical (unpaired) electrons. The summed E-state index contributed by atoms with van der Waals surface area (Å²) in [6.07, 6.45) is 0.223. The molecule has 2 rings (SSSR count). The van der Waals surface area contributed by atoms with Gasteiger partial charge in [-0.25, -0.2) is 17.2 Å². The lowest BCUT2D eigenvalue weighted by Crippen LogP contribution is -2.52. The second kappa shape index (κ2) is 7.28. The van der Waals surface area contributed by atoms with E-state index in [-0.39, 0.29) is 12.8 Å². The van der Waals surface area contributed by atoms with Crippen molar-refractivity contribution in [3.63, 3.8) is 0 Å². The standard InChI is InChI=1S/C17H17F2NO4S/c1-17(16(21)22,11-10-12-6-3-2-4-7-12)20-25(23,24)14-9-5-8-13(18)15(14)19/h2-9,20H,10-11H2,1H3,(H,21,22). The summed E-state index contributed by atoms with van der Waals surface area (Å²) in [5.41, 5.74) is -1.06. The molecule has 2 aromatic carbocycles. The Kier molecular flexibility index (Phi) is 5.54. The summed E-state index contributed by atoms with van der Waals surface area (Å²) in [6, 6.07) is 11.6. The monoisotopic (exact) mass is 369 g/mol. The minimum Gasteiger partial charge on any atom is -0.480 e. The number of sulfonamides is 1. The minimum atomic E-state index is -4.57. The van der Waals surface area contributed by atoms with Gasteiger partial charge in [-0.1, -0.05) is 36.4 Å². The topological polar surface area (TPSA) is 83.5 Å². The fraction of sp³-hybridized carbons (Fsp3) is 0.235. The highest BCUT2D eigenvalue weighted by Gasteiger charge is 2.38. The highest BCUT2D eigenvalue weighted by Crippen LogP contribution is 2.22. The van der Waals surface area contributed by atoms with Crippen LogP contribution >= 0.6 is 0 Å². The van der Waals surface area contributed by atoms with Crippen LogP contribution in [0.25, 0.3) is 0 Å². The summed E-state index contributed by atoms with van der Waals surface area (Å²) >= 11 is 0. The molecule has 8 heteroatoms. The van der Waals surface area contributed by atoms with Gasteiger partial charge in [0.2, 0.25) is 10.0 Å². The van der Waals surface area contributed by atoms with Crippen molar-refractivity contribution in [1.29, 1.82) is 0 Å². The number of halogens is 2. The predicted molar refractivity (Wildman–Crippen MR) is 87.5 cm³/mol. The molecule has 0 aromatic heterocycles. The van der Waals surface area contributed by atoms with E-state index in [4.69, 9.17) is 0 Å². The van der Waals surface area contributed by atoms with Crippen LogP contribution in [0.5, 0.6) is 0 Å². The Morgan fingerprint density at radius 2 is 1.76 bits per heavy atom. The molecule has 0 aliphatic carbocycles. The van der Waals surface area contributed by atoms with Gasteiger partial charge in [0.1, 0.15) is 10.4 Å². The molecule has 0 fully saturated rings. The van der Waals surface area contributed by atoms with Crippen molar-refractivity contribution in [3.05, 3.63) is 65.7 Å². The van der Waals surface area contributed by atoms with Gasteiger partial charge in [0, 0.05) is 0 Å². The average Bonchev–Trinajstić information content (AvgIpc) is 2.56. The molecule has 134 valence electrons. The SMILES string of the molecule is CC(CCc1ccccc1)(NS(=O)(=O)c1cccc(F)c1F)C(=O)O. The minimum absolute atomic E-state index is 0.0670. The highest BCUT2D eigenvalue weighted by molar-refractivity contribution is 7.89. The first-order chi connectivity index (χ1) is 11.7. The zero-order valence-corrected chi connectivity index (χ0v) is 14.2. The van der Waals surface area contributed by atoms with Gasteiger partial charge in [0.25, 0.3) is 0 Å². The zero-order valence-electron chi connectivity index (χ0n) is 13.4. The Morgan fingerprint density at radius 1 is 1.12 bits per heavy atom. The van der Waals surface area contributed by atoms with Crippen LogP contribution in [0.3, 0.4) is 0 Å². The van der Waals surface area contributed by atoms with Crippen molar-refractivity contribution >= 4 is 16.0 Å². The number of rotatable bonds is 7. The molecule has 0 aliphatic rings. The van der Waals surface area contributed by atoms with Crippen molar-refractivity contribution in [2.24, 2.45) is 0 Å². The quantitative estimate of drug-likeness (QED) is 0.786. The second-order valence-corrected chi connectivity index (χ2v) is 7.43. The fourth-order valence-corrected chi connectivity index (χ4v) is 3.77. The molecule has 0 spiro atoms. The Hall–Kier alpha value is -2.32. The lowest BCUT2D eigenvalue weighted by molar-refractivity contribution is -0.143. The van der Waals surface area contributed by atoms with Gasteiger partial charge in [0.15, 0.2) is 11.6 Å². The highest BCUT2D eigenvalue weighted by atomic mass is 32.2. The van der Waals surface area contributed by atoms with E-state index in [1.54, 1.807) is 30.3 Å². The molecular formula is C17H17F2NO4S. The number of aryl methyl sites for hydroxylation is 1. The molecule has 0 amide bonds. The number of hydrogen-bond donors (Lipinski definition) is 2. The summed E-state index contributed by atoms with van der Waals surface area (Å²) in [6.45, 7) is 1.19. The molecule has 0 saturated heterocycles. The maximum absolute atomic E-state index is 13.8. The third-order valence-corrected chi connectivity index (χ3v) is 5.41. The summed E-state index contributed by atoms with van der Waals surface area (Å²) in [5, 5.41) is 9.45. The van der Waals surface area contributed by atoms with Crippen LogP contribution in [-0.4, -0.2) is 25.0 Å². The van der Waals surface area contributed by atoms with E-state index >= 15 is 0 Å². The maximum atomic E-state index is 13.8. The maximum Gasteiger partial charge on any atom is 0.324 e. The summed E-state index contributed by atoms with van der Waals surface area (Å²) in [7, 11) is -4.57.